The SMILES string of the molecule is CCOC(=O)C(C)(Cc1ccc(OCCC2CN(Cc3ccc(C(F)(F)F)cc3)C(=O)N2C)cc1)OCC. The molecule has 0 N–H and O–H groups in total. The van der Waals surface area contributed by atoms with Gasteiger partial charge in [-0.25, -0.2) is 9.59 Å². The van der Waals surface area contributed by atoms with E-state index in [0.717, 1.165) is 17.7 Å². The summed E-state index contributed by atoms with van der Waals surface area (Å²) >= 11 is 0. The third-order valence-corrected chi connectivity index (χ3v) is 6.56. The highest BCUT2D eigenvalue weighted by atomic mass is 19.4. The van der Waals surface area contributed by atoms with Gasteiger partial charge in [0.1, 0.15) is 5.75 Å². The molecule has 3 rings (SSSR count). The van der Waals surface area contributed by atoms with Crippen molar-refractivity contribution >= 4 is 12.0 Å². The zero-order valence-corrected chi connectivity index (χ0v) is 22.2. The Morgan fingerprint density at radius 3 is 2.21 bits per heavy atom. The van der Waals surface area contributed by atoms with E-state index in [1.54, 1.807) is 30.7 Å². The van der Waals surface area contributed by atoms with E-state index >= 15 is 0 Å². The lowest BCUT2D eigenvalue weighted by atomic mass is 9.96. The molecule has 10 heteroatoms. The van der Waals surface area contributed by atoms with E-state index < -0.39 is 23.3 Å². The summed E-state index contributed by atoms with van der Waals surface area (Å²) in [6.07, 6.45) is -3.43. The van der Waals surface area contributed by atoms with Gasteiger partial charge in [0.2, 0.25) is 0 Å². The Balaban J connectivity index is 1.50. The molecule has 2 amide bonds. The molecule has 1 saturated heterocycles. The molecule has 2 unspecified atom stereocenters. The van der Waals surface area contributed by atoms with Gasteiger partial charge in [-0.1, -0.05) is 24.3 Å². The molecule has 1 fully saturated rings. The average Bonchev–Trinajstić information content (AvgIpc) is 3.13. The van der Waals surface area contributed by atoms with Gasteiger partial charge in [0.05, 0.1) is 24.8 Å². The molecule has 2 aromatic carbocycles. The summed E-state index contributed by atoms with van der Waals surface area (Å²) in [6, 6.07) is 12.0. The van der Waals surface area contributed by atoms with Gasteiger partial charge in [0.25, 0.3) is 0 Å². The minimum atomic E-state index is -4.39. The second-order valence-electron chi connectivity index (χ2n) is 9.46. The number of benzene rings is 2. The number of hydrogen-bond donors (Lipinski definition) is 0. The standard InChI is InChI=1S/C28H35F3N2O5/c1-5-36-25(34)27(3,38-6-2)17-20-9-13-24(14-10-20)37-16-15-23-19-33(26(35)32(23)4)18-21-7-11-22(12-8-21)28(29,30)31/h7-14,23H,5-6,15-19H2,1-4H3. The van der Waals surface area contributed by atoms with Gasteiger partial charge in [-0.3, -0.25) is 0 Å². The van der Waals surface area contributed by atoms with Crippen LogP contribution in [-0.4, -0.2) is 66.9 Å². The van der Waals surface area contributed by atoms with Crippen molar-refractivity contribution in [1.82, 2.24) is 9.80 Å². The van der Waals surface area contributed by atoms with Crippen LogP contribution < -0.4 is 4.74 Å². The molecule has 0 radical (unpaired) electrons. The summed E-state index contributed by atoms with van der Waals surface area (Å²) in [7, 11) is 1.72. The van der Waals surface area contributed by atoms with Gasteiger partial charge < -0.3 is 24.0 Å². The number of amides is 2. The largest absolute Gasteiger partial charge is 0.494 e. The molecule has 2 aromatic rings. The third kappa shape index (κ3) is 7.40. The summed E-state index contributed by atoms with van der Waals surface area (Å²) in [4.78, 5) is 28.3. The van der Waals surface area contributed by atoms with E-state index in [-0.39, 0.29) is 25.2 Å². The van der Waals surface area contributed by atoms with Crippen LogP contribution in [0.2, 0.25) is 0 Å². The minimum Gasteiger partial charge on any atom is -0.494 e. The molecule has 38 heavy (non-hydrogen) atoms. The highest BCUT2D eigenvalue weighted by molar-refractivity contribution is 5.79. The molecular formula is C28H35F3N2O5. The number of nitrogens with zero attached hydrogens (tertiary/aromatic N) is 2. The molecule has 0 aliphatic carbocycles. The van der Waals surface area contributed by atoms with Crippen LogP contribution in [0.25, 0.3) is 0 Å². The Bertz CT molecular complexity index is 1080. The number of hydrogen-bond acceptors (Lipinski definition) is 5. The van der Waals surface area contributed by atoms with Gasteiger partial charge in [-0.2, -0.15) is 13.2 Å². The van der Waals surface area contributed by atoms with Crippen LogP contribution in [0, 0.1) is 0 Å². The number of urea groups is 1. The fraction of sp³-hybridized carbons (Fsp3) is 0.500. The molecule has 208 valence electrons. The van der Waals surface area contributed by atoms with E-state index in [4.69, 9.17) is 14.2 Å². The maximum atomic E-state index is 12.8. The number of ether oxygens (including phenoxy) is 3. The number of carbonyl (C=O) groups is 2. The Morgan fingerprint density at radius 1 is 1.00 bits per heavy atom. The summed E-state index contributed by atoms with van der Waals surface area (Å²) in [5, 5.41) is 0. The second kappa shape index (κ2) is 12.5. The van der Waals surface area contributed by atoms with Crippen LogP contribution in [0.5, 0.6) is 5.75 Å². The number of carbonyl (C=O) groups excluding carboxylic acids is 2. The molecule has 2 atom stereocenters. The minimum absolute atomic E-state index is 0.0762. The lowest BCUT2D eigenvalue weighted by Gasteiger charge is -2.27. The maximum absolute atomic E-state index is 12.8. The lowest BCUT2D eigenvalue weighted by molar-refractivity contribution is -0.169. The number of halogens is 3. The monoisotopic (exact) mass is 536 g/mol. The van der Waals surface area contributed by atoms with Crippen molar-refractivity contribution < 1.29 is 37.0 Å². The van der Waals surface area contributed by atoms with E-state index in [2.05, 4.69) is 0 Å². The predicted molar refractivity (Wildman–Crippen MR) is 136 cm³/mol. The van der Waals surface area contributed by atoms with E-state index in [1.807, 2.05) is 31.2 Å². The number of likely N-dealkylation sites (N-methyl/N-ethyl adjacent to an activating group) is 1. The molecule has 1 heterocycles. The molecule has 0 spiro atoms. The quantitative estimate of drug-likeness (QED) is 0.344. The number of alkyl halides is 3. The fourth-order valence-corrected chi connectivity index (χ4v) is 4.46. The normalized spacial score (nSPS) is 17.4. The van der Waals surface area contributed by atoms with Crippen molar-refractivity contribution in [2.45, 2.75) is 58.0 Å². The van der Waals surface area contributed by atoms with Crippen molar-refractivity contribution in [2.24, 2.45) is 0 Å². The molecule has 0 aromatic heterocycles. The average molecular weight is 537 g/mol. The zero-order valence-electron chi connectivity index (χ0n) is 22.2. The summed E-state index contributed by atoms with van der Waals surface area (Å²) in [5.74, 6) is 0.265. The van der Waals surface area contributed by atoms with Gasteiger partial charge in [0.15, 0.2) is 5.60 Å². The molecule has 0 bridgehead atoms. The molecule has 7 nitrogen and oxygen atoms in total. The Morgan fingerprint density at radius 2 is 1.63 bits per heavy atom. The molecule has 1 aliphatic rings. The zero-order chi connectivity index (χ0) is 27.9. The van der Waals surface area contributed by atoms with Gasteiger partial charge >= 0.3 is 18.2 Å². The Kier molecular flexibility index (Phi) is 9.65. The van der Waals surface area contributed by atoms with Crippen LogP contribution in [0.3, 0.4) is 0 Å². The van der Waals surface area contributed by atoms with Crippen LogP contribution in [0.4, 0.5) is 18.0 Å². The highest BCUT2D eigenvalue weighted by Crippen LogP contribution is 2.30. The first-order valence-corrected chi connectivity index (χ1v) is 12.7. The molecule has 0 saturated carbocycles. The number of esters is 1. The predicted octanol–water partition coefficient (Wildman–Crippen LogP) is 5.31. The van der Waals surface area contributed by atoms with Crippen molar-refractivity contribution in [3.05, 3.63) is 65.2 Å². The van der Waals surface area contributed by atoms with Crippen LogP contribution >= 0.6 is 0 Å². The van der Waals surface area contributed by atoms with Gasteiger partial charge in [0, 0.05) is 39.6 Å². The van der Waals surface area contributed by atoms with Gasteiger partial charge in [-0.15, -0.1) is 0 Å². The molecule has 1 aliphatic heterocycles. The smallest absolute Gasteiger partial charge is 0.416 e. The fourth-order valence-electron chi connectivity index (χ4n) is 4.46. The number of rotatable bonds is 12. The van der Waals surface area contributed by atoms with E-state index in [0.29, 0.717) is 43.9 Å². The van der Waals surface area contributed by atoms with E-state index in [9.17, 15) is 22.8 Å². The first kappa shape index (κ1) is 29.3. The van der Waals surface area contributed by atoms with Crippen LogP contribution in [0.15, 0.2) is 48.5 Å². The van der Waals surface area contributed by atoms with Crippen molar-refractivity contribution in [3.8, 4) is 5.75 Å². The summed E-state index contributed by atoms with van der Waals surface area (Å²) in [5.41, 5.74) is -0.239. The first-order chi connectivity index (χ1) is 18.0. The topological polar surface area (TPSA) is 68.3 Å². The van der Waals surface area contributed by atoms with Crippen LogP contribution in [0.1, 0.15) is 43.9 Å². The summed E-state index contributed by atoms with van der Waals surface area (Å²) < 4.78 is 55.1. The highest BCUT2D eigenvalue weighted by Gasteiger charge is 2.36. The Labute approximate surface area is 221 Å². The van der Waals surface area contributed by atoms with E-state index in [1.165, 1.54) is 12.1 Å². The second-order valence-corrected chi connectivity index (χ2v) is 9.46. The van der Waals surface area contributed by atoms with Crippen molar-refractivity contribution in [3.63, 3.8) is 0 Å². The lowest BCUT2D eigenvalue weighted by Crippen LogP contribution is -2.42. The Hall–Kier alpha value is -3.27. The third-order valence-electron chi connectivity index (χ3n) is 6.56. The molecular weight excluding hydrogens is 501 g/mol. The van der Waals surface area contributed by atoms with Crippen molar-refractivity contribution in [2.75, 3.05) is 33.4 Å². The van der Waals surface area contributed by atoms with Gasteiger partial charge in [-0.05, 0) is 56.2 Å². The first-order valence-electron chi connectivity index (χ1n) is 12.7. The summed E-state index contributed by atoms with van der Waals surface area (Å²) in [6.45, 7) is 7.06. The van der Waals surface area contributed by atoms with Crippen molar-refractivity contribution in [1.29, 1.82) is 0 Å². The van der Waals surface area contributed by atoms with Crippen LogP contribution in [-0.2, 0) is 33.4 Å². The maximum Gasteiger partial charge on any atom is 0.416 e.